The monoisotopic (exact) mass is 362 g/mol. The fourth-order valence-electron chi connectivity index (χ4n) is 1.77. The van der Waals surface area contributed by atoms with Gasteiger partial charge in [0.1, 0.15) is 0 Å². The number of hydrazone groups is 1. The Morgan fingerprint density at radius 3 is 2.45 bits per heavy atom. The number of rotatable bonds is 4. The summed E-state index contributed by atoms with van der Waals surface area (Å²) >= 11 is 3.32. The van der Waals surface area contributed by atoms with Gasteiger partial charge in [0.05, 0.1) is 12.8 Å². The van der Waals surface area contributed by atoms with Crippen LogP contribution in [0.4, 0.5) is 0 Å². The molecule has 0 atom stereocenters. The summed E-state index contributed by atoms with van der Waals surface area (Å²) in [6, 6.07) is 11.8. The largest absolute Gasteiger partial charge is 0.504 e. The molecule has 2 N–H and O–H groups in total. The highest BCUT2D eigenvalue weighted by Crippen LogP contribution is 2.26. The van der Waals surface area contributed by atoms with Crippen molar-refractivity contribution in [2.45, 2.75) is 6.92 Å². The standard InChI is InChI=1S/C16H15BrN2O3/c1-10(12-5-8-14(20)15(9-12)22-2)18-19-16(21)11-3-6-13(17)7-4-11/h3-9,20H,1-2H3,(H,19,21). The number of hydrogen-bond acceptors (Lipinski definition) is 4. The van der Waals surface area contributed by atoms with Crippen LogP contribution in [0.2, 0.25) is 0 Å². The lowest BCUT2D eigenvalue weighted by Crippen LogP contribution is -2.19. The zero-order valence-electron chi connectivity index (χ0n) is 12.1. The van der Waals surface area contributed by atoms with Crippen molar-refractivity contribution >= 4 is 27.5 Å². The Bertz CT molecular complexity index is 712. The molecule has 0 unspecified atom stereocenters. The molecule has 5 nitrogen and oxygen atoms in total. The number of nitrogens with zero attached hydrogens (tertiary/aromatic N) is 1. The molecule has 0 aliphatic heterocycles. The van der Waals surface area contributed by atoms with Crippen molar-refractivity contribution in [2.24, 2.45) is 5.10 Å². The van der Waals surface area contributed by atoms with Gasteiger partial charge in [-0.25, -0.2) is 5.43 Å². The van der Waals surface area contributed by atoms with Crippen molar-refractivity contribution in [3.63, 3.8) is 0 Å². The third-order valence-electron chi connectivity index (χ3n) is 3.03. The van der Waals surface area contributed by atoms with Crippen molar-refractivity contribution in [1.29, 1.82) is 0 Å². The maximum atomic E-state index is 12.0. The molecule has 0 aromatic heterocycles. The summed E-state index contributed by atoms with van der Waals surface area (Å²) in [6.45, 7) is 1.76. The number of benzene rings is 2. The number of amides is 1. The minimum atomic E-state index is -0.294. The number of carbonyl (C=O) groups excluding carboxylic acids is 1. The van der Waals surface area contributed by atoms with Crippen LogP contribution in [0, 0.1) is 0 Å². The lowest BCUT2D eigenvalue weighted by atomic mass is 10.1. The molecule has 0 heterocycles. The second-order valence-electron chi connectivity index (χ2n) is 4.53. The van der Waals surface area contributed by atoms with Crippen molar-refractivity contribution in [1.82, 2.24) is 5.43 Å². The fraction of sp³-hybridized carbons (Fsp3) is 0.125. The molecule has 114 valence electrons. The average Bonchev–Trinajstić information content (AvgIpc) is 2.53. The molecule has 0 spiro atoms. The molecule has 22 heavy (non-hydrogen) atoms. The smallest absolute Gasteiger partial charge is 0.271 e. The molecule has 0 aliphatic carbocycles. The van der Waals surface area contributed by atoms with E-state index in [-0.39, 0.29) is 11.7 Å². The number of aromatic hydroxyl groups is 1. The minimum absolute atomic E-state index is 0.0537. The summed E-state index contributed by atoms with van der Waals surface area (Å²) < 4.78 is 5.95. The third-order valence-corrected chi connectivity index (χ3v) is 3.56. The number of phenols is 1. The molecule has 1 amide bonds. The van der Waals surface area contributed by atoms with E-state index in [1.54, 1.807) is 43.3 Å². The number of nitrogens with one attached hydrogen (secondary N) is 1. The van der Waals surface area contributed by atoms with E-state index in [0.29, 0.717) is 17.0 Å². The second kappa shape index (κ2) is 7.09. The molecule has 0 radical (unpaired) electrons. The van der Waals surface area contributed by atoms with E-state index < -0.39 is 0 Å². The van der Waals surface area contributed by atoms with Gasteiger partial charge in [-0.1, -0.05) is 15.9 Å². The first kappa shape index (κ1) is 16.0. The Hall–Kier alpha value is -2.34. The Kier molecular flexibility index (Phi) is 5.16. The maximum Gasteiger partial charge on any atom is 0.271 e. The van der Waals surface area contributed by atoms with Crippen LogP contribution in [0.3, 0.4) is 0 Å². The van der Waals surface area contributed by atoms with Crippen LogP contribution in [0.15, 0.2) is 52.0 Å². The van der Waals surface area contributed by atoms with Gasteiger partial charge in [-0.15, -0.1) is 0 Å². The van der Waals surface area contributed by atoms with Gasteiger partial charge >= 0.3 is 0 Å². The summed E-state index contributed by atoms with van der Waals surface area (Å²) in [6.07, 6.45) is 0. The van der Waals surface area contributed by atoms with E-state index in [1.807, 2.05) is 0 Å². The summed E-state index contributed by atoms with van der Waals surface area (Å²) in [5.74, 6) is 0.113. The van der Waals surface area contributed by atoms with Gasteiger partial charge in [-0.3, -0.25) is 4.79 Å². The van der Waals surface area contributed by atoms with Gasteiger partial charge in [-0.05, 0) is 49.4 Å². The molecule has 2 aromatic carbocycles. The Morgan fingerprint density at radius 2 is 1.82 bits per heavy atom. The van der Waals surface area contributed by atoms with Crippen molar-refractivity contribution in [3.8, 4) is 11.5 Å². The highest BCUT2D eigenvalue weighted by molar-refractivity contribution is 9.10. The molecule has 0 fully saturated rings. The number of carbonyl (C=O) groups is 1. The third kappa shape index (κ3) is 3.85. The zero-order valence-corrected chi connectivity index (χ0v) is 13.7. The van der Waals surface area contributed by atoms with Gasteiger partial charge in [-0.2, -0.15) is 5.10 Å². The van der Waals surface area contributed by atoms with Crippen LogP contribution in [0.25, 0.3) is 0 Å². The van der Waals surface area contributed by atoms with E-state index in [2.05, 4.69) is 26.5 Å². The van der Waals surface area contributed by atoms with E-state index in [1.165, 1.54) is 13.2 Å². The van der Waals surface area contributed by atoms with Gasteiger partial charge in [0, 0.05) is 15.6 Å². The van der Waals surface area contributed by atoms with E-state index >= 15 is 0 Å². The Morgan fingerprint density at radius 1 is 1.18 bits per heavy atom. The molecule has 2 aromatic rings. The van der Waals surface area contributed by atoms with Crippen LogP contribution in [-0.2, 0) is 0 Å². The van der Waals surface area contributed by atoms with Gasteiger partial charge in [0.15, 0.2) is 11.5 Å². The summed E-state index contributed by atoms with van der Waals surface area (Å²) in [5, 5.41) is 13.6. The van der Waals surface area contributed by atoms with E-state index in [0.717, 1.165) is 10.0 Å². The number of halogens is 1. The normalized spacial score (nSPS) is 11.1. The number of ether oxygens (including phenoxy) is 1. The summed E-state index contributed by atoms with van der Waals surface area (Å²) in [5.41, 5.74) is 4.36. The Balaban J connectivity index is 2.12. The van der Waals surface area contributed by atoms with Gasteiger partial charge < -0.3 is 9.84 Å². The van der Waals surface area contributed by atoms with Crippen LogP contribution in [0.5, 0.6) is 11.5 Å². The first-order valence-corrected chi connectivity index (χ1v) is 7.28. The first-order chi connectivity index (χ1) is 10.5. The first-order valence-electron chi connectivity index (χ1n) is 6.49. The number of hydrogen-bond donors (Lipinski definition) is 2. The topological polar surface area (TPSA) is 70.9 Å². The highest BCUT2D eigenvalue weighted by atomic mass is 79.9. The molecule has 6 heteroatoms. The molecule has 0 aliphatic rings. The number of phenolic OH excluding ortho intramolecular Hbond substituents is 1. The van der Waals surface area contributed by atoms with Gasteiger partial charge in [0.25, 0.3) is 5.91 Å². The van der Waals surface area contributed by atoms with Crippen molar-refractivity contribution < 1.29 is 14.6 Å². The number of methoxy groups -OCH3 is 1. The quantitative estimate of drug-likeness (QED) is 0.647. The molecule has 0 saturated heterocycles. The highest BCUT2D eigenvalue weighted by Gasteiger charge is 2.07. The average molecular weight is 363 g/mol. The Labute approximate surface area is 136 Å². The SMILES string of the molecule is COc1cc(C(C)=NNC(=O)c2ccc(Br)cc2)ccc1O. The van der Waals surface area contributed by atoms with E-state index in [4.69, 9.17) is 4.74 Å². The van der Waals surface area contributed by atoms with Gasteiger partial charge in [0.2, 0.25) is 0 Å². The van der Waals surface area contributed by atoms with Crippen LogP contribution in [-0.4, -0.2) is 23.8 Å². The summed E-state index contributed by atoms with van der Waals surface area (Å²) in [4.78, 5) is 12.0. The van der Waals surface area contributed by atoms with Crippen LogP contribution < -0.4 is 10.2 Å². The van der Waals surface area contributed by atoms with Crippen LogP contribution in [0.1, 0.15) is 22.8 Å². The lowest BCUT2D eigenvalue weighted by molar-refractivity contribution is 0.0955. The second-order valence-corrected chi connectivity index (χ2v) is 5.45. The lowest BCUT2D eigenvalue weighted by Gasteiger charge is -2.07. The molecular formula is C16H15BrN2O3. The molecule has 0 bridgehead atoms. The predicted molar refractivity (Wildman–Crippen MR) is 88.5 cm³/mol. The summed E-state index contributed by atoms with van der Waals surface area (Å²) in [7, 11) is 1.47. The molecule has 0 saturated carbocycles. The molecular weight excluding hydrogens is 348 g/mol. The zero-order chi connectivity index (χ0) is 16.1. The minimum Gasteiger partial charge on any atom is -0.504 e. The van der Waals surface area contributed by atoms with Crippen LogP contribution >= 0.6 is 15.9 Å². The molecule has 2 rings (SSSR count). The van der Waals surface area contributed by atoms with Crippen molar-refractivity contribution in [2.75, 3.05) is 7.11 Å². The van der Waals surface area contributed by atoms with E-state index in [9.17, 15) is 9.90 Å². The van der Waals surface area contributed by atoms with Crippen molar-refractivity contribution in [3.05, 3.63) is 58.1 Å². The predicted octanol–water partition coefficient (Wildman–Crippen LogP) is 3.32. The fourth-order valence-corrected chi connectivity index (χ4v) is 2.03. The maximum absolute atomic E-state index is 12.0.